The van der Waals surface area contributed by atoms with E-state index in [4.69, 9.17) is 4.42 Å². The van der Waals surface area contributed by atoms with Gasteiger partial charge in [0.1, 0.15) is 11.6 Å². The fraction of sp³-hybridized carbons (Fsp3) is 0.0909. The van der Waals surface area contributed by atoms with Crippen LogP contribution in [0, 0.1) is 6.92 Å². The Morgan fingerprint density at radius 1 is 1.50 bits per heavy atom. The van der Waals surface area contributed by atoms with Crippen molar-refractivity contribution in [2.45, 2.75) is 6.92 Å². The maximum atomic E-state index is 11.8. The summed E-state index contributed by atoms with van der Waals surface area (Å²) in [6, 6.07) is 5.15. The molecule has 2 aromatic rings. The summed E-state index contributed by atoms with van der Waals surface area (Å²) in [6.07, 6.45) is 3.10. The number of rotatable bonds is 2. The zero-order valence-electron chi connectivity index (χ0n) is 8.53. The van der Waals surface area contributed by atoms with Crippen molar-refractivity contribution in [3.8, 4) is 0 Å². The minimum atomic E-state index is -0.225. The number of halogens is 1. The van der Waals surface area contributed by atoms with Crippen LogP contribution in [0.15, 0.2) is 39.5 Å². The van der Waals surface area contributed by atoms with Crippen LogP contribution in [0.2, 0.25) is 0 Å². The zero-order valence-corrected chi connectivity index (χ0v) is 10.1. The topological polar surface area (TPSA) is 55.1 Å². The van der Waals surface area contributed by atoms with Gasteiger partial charge in [0.15, 0.2) is 0 Å². The van der Waals surface area contributed by atoms with Gasteiger partial charge >= 0.3 is 0 Å². The predicted molar refractivity (Wildman–Crippen MR) is 63.3 cm³/mol. The van der Waals surface area contributed by atoms with Crippen molar-refractivity contribution >= 4 is 27.7 Å². The number of hydrogen-bond acceptors (Lipinski definition) is 3. The average molecular weight is 281 g/mol. The minimum absolute atomic E-state index is 0.225. The second kappa shape index (κ2) is 4.49. The molecule has 5 heteroatoms. The first kappa shape index (κ1) is 10.9. The highest BCUT2D eigenvalue weighted by Crippen LogP contribution is 2.15. The normalized spacial score (nSPS) is 10.1. The van der Waals surface area contributed by atoms with Gasteiger partial charge in [-0.25, -0.2) is 4.98 Å². The van der Waals surface area contributed by atoms with Gasteiger partial charge in [-0.05, 0) is 25.1 Å². The van der Waals surface area contributed by atoms with Gasteiger partial charge in [-0.3, -0.25) is 4.79 Å². The minimum Gasteiger partial charge on any atom is -0.469 e. The van der Waals surface area contributed by atoms with E-state index in [1.807, 2.05) is 0 Å². The van der Waals surface area contributed by atoms with Crippen LogP contribution in [0.1, 0.15) is 16.1 Å². The van der Waals surface area contributed by atoms with Crippen molar-refractivity contribution < 1.29 is 9.21 Å². The van der Waals surface area contributed by atoms with Crippen LogP contribution in [0.4, 0.5) is 5.82 Å². The lowest BCUT2D eigenvalue weighted by Crippen LogP contribution is -2.12. The van der Waals surface area contributed by atoms with Crippen molar-refractivity contribution in [1.82, 2.24) is 4.98 Å². The number of anilines is 1. The molecule has 0 aliphatic heterocycles. The molecule has 2 heterocycles. The number of aryl methyl sites for hydroxylation is 1. The van der Waals surface area contributed by atoms with E-state index in [0.29, 0.717) is 17.1 Å². The second-order valence-corrected chi connectivity index (χ2v) is 4.12. The van der Waals surface area contributed by atoms with Crippen LogP contribution in [-0.4, -0.2) is 10.9 Å². The van der Waals surface area contributed by atoms with Crippen molar-refractivity contribution in [3.05, 3.63) is 46.5 Å². The van der Waals surface area contributed by atoms with E-state index in [1.54, 1.807) is 31.3 Å². The van der Waals surface area contributed by atoms with Crippen LogP contribution in [0.25, 0.3) is 0 Å². The lowest BCUT2D eigenvalue weighted by Gasteiger charge is -2.03. The Kier molecular flexibility index (Phi) is 3.05. The lowest BCUT2D eigenvalue weighted by molar-refractivity contribution is 0.102. The number of nitrogens with zero attached hydrogens (tertiary/aromatic N) is 1. The molecule has 0 saturated heterocycles. The standard InChI is InChI=1S/C11H9BrN2O2/c1-7-9(3-5-16-7)11(15)14-10-6-8(12)2-4-13-10/h2-6H,1H3,(H,13,14,15). The van der Waals surface area contributed by atoms with E-state index < -0.39 is 0 Å². The first-order valence-electron chi connectivity index (χ1n) is 4.64. The number of carbonyl (C=O) groups excluding carboxylic acids is 1. The van der Waals surface area contributed by atoms with Crippen molar-refractivity contribution in [3.63, 3.8) is 0 Å². The van der Waals surface area contributed by atoms with E-state index in [0.717, 1.165) is 4.47 Å². The van der Waals surface area contributed by atoms with E-state index in [9.17, 15) is 4.79 Å². The van der Waals surface area contributed by atoms with Crippen LogP contribution in [0.5, 0.6) is 0 Å². The van der Waals surface area contributed by atoms with Gasteiger partial charge in [0.2, 0.25) is 0 Å². The molecule has 2 rings (SSSR count). The van der Waals surface area contributed by atoms with Crippen LogP contribution < -0.4 is 5.32 Å². The summed E-state index contributed by atoms with van der Waals surface area (Å²) < 4.78 is 5.92. The van der Waals surface area contributed by atoms with E-state index >= 15 is 0 Å². The molecule has 2 aromatic heterocycles. The Bertz CT molecular complexity index is 522. The van der Waals surface area contributed by atoms with E-state index in [-0.39, 0.29) is 5.91 Å². The first-order chi connectivity index (χ1) is 7.66. The van der Waals surface area contributed by atoms with Gasteiger partial charge in [0, 0.05) is 10.7 Å². The van der Waals surface area contributed by atoms with Crippen molar-refractivity contribution in [2.75, 3.05) is 5.32 Å². The first-order valence-corrected chi connectivity index (χ1v) is 5.43. The Morgan fingerprint density at radius 2 is 2.31 bits per heavy atom. The number of furan rings is 1. The number of amides is 1. The molecule has 0 spiro atoms. The monoisotopic (exact) mass is 280 g/mol. The highest BCUT2D eigenvalue weighted by molar-refractivity contribution is 9.10. The number of nitrogens with one attached hydrogen (secondary N) is 1. The summed E-state index contributed by atoms with van der Waals surface area (Å²) in [5.41, 5.74) is 0.516. The molecule has 0 radical (unpaired) electrons. The zero-order chi connectivity index (χ0) is 11.5. The Hall–Kier alpha value is -1.62. The summed E-state index contributed by atoms with van der Waals surface area (Å²) in [4.78, 5) is 15.8. The van der Waals surface area contributed by atoms with Crippen LogP contribution in [-0.2, 0) is 0 Å². The summed E-state index contributed by atoms with van der Waals surface area (Å²) in [7, 11) is 0. The second-order valence-electron chi connectivity index (χ2n) is 3.20. The maximum absolute atomic E-state index is 11.8. The van der Waals surface area contributed by atoms with Crippen molar-refractivity contribution in [2.24, 2.45) is 0 Å². The van der Waals surface area contributed by atoms with Gasteiger partial charge in [0.05, 0.1) is 11.8 Å². The van der Waals surface area contributed by atoms with Gasteiger partial charge < -0.3 is 9.73 Å². The Labute approximate surface area is 101 Å². The SMILES string of the molecule is Cc1occc1C(=O)Nc1cc(Br)ccn1. The molecule has 82 valence electrons. The highest BCUT2D eigenvalue weighted by atomic mass is 79.9. The Balaban J connectivity index is 2.17. The fourth-order valence-corrected chi connectivity index (χ4v) is 1.61. The summed E-state index contributed by atoms with van der Waals surface area (Å²) in [5, 5.41) is 2.69. The molecule has 0 saturated carbocycles. The molecule has 1 amide bonds. The molecule has 0 atom stereocenters. The summed E-state index contributed by atoms with van der Waals surface area (Å²) >= 11 is 3.31. The molecule has 0 aliphatic rings. The number of hydrogen-bond donors (Lipinski definition) is 1. The molecule has 0 aromatic carbocycles. The third-order valence-corrected chi connectivity index (χ3v) is 2.56. The molecule has 16 heavy (non-hydrogen) atoms. The summed E-state index contributed by atoms with van der Waals surface area (Å²) in [6.45, 7) is 1.74. The number of aromatic nitrogens is 1. The molecule has 0 aliphatic carbocycles. The average Bonchev–Trinajstić information content (AvgIpc) is 2.64. The largest absolute Gasteiger partial charge is 0.469 e. The molecule has 0 unspecified atom stereocenters. The molecular formula is C11H9BrN2O2. The van der Waals surface area contributed by atoms with Gasteiger partial charge in [-0.2, -0.15) is 0 Å². The number of pyridine rings is 1. The third kappa shape index (κ3) is 2.30. The molecule has 0 fully saturated rings. The molecule has 1 N–H and O–H groups in total. The smallest absolute Gasteiger partial charge is 0.260 e. The summed E-state index contributed by atoms with van der Waals surface area (Å²) in [5.74, 6) is 0.865. The number of carbonyl (C=O) groups is 1. The molecule has 4 nitrogen and oxygen atoms in total. The van der Waals surface area contributed by atoms with Crippen LogP contribution >= 0.6 is 15.9 Å². The highest BCUT2D eigenvalue weighted by Gasteiger charge is 2.11. The van der Waals surface area contributed by atoms with Gasteiger partial charge in [0.25, 0.3) is 5.91 Å². The van der Waals surface area contributed by atoms with Gasteiger partial charge in [-0.1, -0.05) is 15.9 Å². The van der Waals surface area contributed by atoms with E-state index in [2.05, 4.69) is 26.2 Å². The predicted octanol–water partition coefficient (Wildman–Crippen LogP) is 3.00. The Morgan fingerprint density at radius 3 is 2.94 bits per heavy atom. The fourth-order valence-electron chi connectivity index (χ4n) is 1.28. The quantitative estimate of drug-likeness (QED) is 0.920. The van der Waals surface area contributed by atoms with E-state index in [1.165, 1.54) is 6.26 Å². The van der Waals surface area contributed by atoms with Crippen molar-refractivity contribution in [1.29, 1.82) is 0 Å². The third-order valence-electron chi connectivity index (χ3n) is 2.07. The molecular weight excluding hydrogens is 272 g/mol. The maximum Gasteiger partial charge on any atom is 0.260 e. The van der Waals surface area contributed by atoms with Crippen LogP contribution in [0.3, 0.4) is 0 Å². The molecule has 0 bridgehead atoms. The van der Waals surface area contributed by atoms with Gasteiger partial charge in [-0.15, -0.1) is 0 Å². The lowest BCUT2D eigenvalue weighted by atomic mass is 10.2.